The van der Waals surface area contributed by atoms with Crippen LogP contribution in [0.2, 0.25) is 0 Å². The molecule has 0 radical (unpaired) electrons. The molecule has 1 aromatic heterocycles. The molecule has 0 saturated carbocycles. The quantitative estimate of drug-likeness (QED) is 0.714. The highest BCUT2D eigenvalue weighted by atomic mass is 35.5. The Morgan fingerprint density at radius 1 is 1.31 bits per heavy atom. The SMILES string of the molecule is CCOCCCCNCc1ccccn1.Cl. The van der Waals surface area contributed by atoms with Gasteiger partial charge < -0.3 is 10.1 Å². The fourth-order valence-electron chi connectivity index (χ4n) is 1.32. The number of nitrogens with zero attached hydrogens (tertiary/aromatic N) is 1. The highest BCUT2D eigenvalue weighted by molar-refractivity contribution is 5.85. The van der Waals surface area contributed by atoms with Crippen molar-refractivity contribution >= 4 is 12.4 Å². The van der Waals surface area contributed by atoms with Crippen molar-refractivity contribution < 1.29 is 4.74 Å². The molecule has 0 bridgehead atoms. The van der Waals surface area contributed by atoms with Crippen LogP contribution in [0, 0.1) is 0 Å². The van der Waals surface area contributed by atoms with Crippen molar-refractivity contribution in [2.45, 2.75) is 26.3 Å². The summed E-state index contributed by atoms with van der Waals surface area (Å²) in [4.78, 5) is 4.24. The van der Waals surface area contributed by atoms with Crippen molar-refractivity contribution in [2.75, 3.05) is 19.8 Å². The van der Waals surface area contributed by atoms with Gasteiger partial charge in [-0.05, 0) is 38.4 Å². The number of unbranched alkanes of at least 4 members (excludes halogenated alkanes) is 1. The van der Waals surface area contributed by atoms with Gasteiger partial charge in [-0.15, -0.1) is 12.4 Å². The number of rotatable bonds is 8. The summed E-state index contributed by atoms with van der Waals surface area (Å²) in [5.41, 5.74) is 1.10. The highest BCUT2D eigenvalue weighted by Crippen LogP contribution is 1.93. The van der Waals surface area contributed by atoms with Crippen LogP contribution in [0.3, 0.4) is 0 Å². The molecule has 92 valence electrons. The van der Waals surface area contributed by atoms with Gasteiger partial charge in [-0.2, -0.15) is 0 Å². The second kappa shape index (κ2) is 10.9. The fourth-order valence-corrected chi connectivity index (χ4v) is 1.32. The molecule has 0 aliphatic rings. The number of ether oxygens (including phenoxy) is 1. The van der Waals surface area contributed by atoms with Crippen LogP contribution >= 0.6 is 12.4 Å². The van der Waals surface area contributed by atoms with E-state index in [0.29, 0.717) is 0 Å². The van der Waals surface area contributed by atoms with E-state index in [0.717, 1.165) is 44.8 Å². The molecular formula is C12H21ClN2O. The number of pyridine rings is 1. The summed E-state index contributed by atoms with van der Waals surface area (Å²) in [6, 6.07) is 5.98. The number of halogens is 1. The summed E-state index contributed by atoms with van der Waals surface area (Å²) in [5.74, 6) is 0. The maximum absolute atomic E-state index is 5.26. The lowest BCUT2D eigenvalue weighted by atomic mass is 10.3. The van der Waals surface area contributed by atoms with Crippen LogP contribution in [-0.4, -0.2) is 24.7 Å². The first-order valence-corrected chi connectivity index (χ1v) is 5.62. The fraction of sp³-hybridized carbons (Fsp3) is 0.583. The zero-order valence-electron chi connectivity index (χ0n) is 9.82. The van der Waals surface area contributed by atoms with E-state index in [9.17, 15) is 0 Å². The van der Waals surface area contributed by atoms with E-state index in [-0.39, 0.29) is 12.4 Å². The Morgan fingerprint density at radius 3 is 2.88 bits per heavy atom. The first-order chi connectivity index (χ1) is 7.43. The Hall–Kier alpha value is -0.640. The van der Waals surface area contributed by atoms with Gasteiger partial charge in [0.2, 0.25) is 0 Å². The predicted octanol–water partition coefficient (Wildman–Crippen LogP) is 2.41. The lowest BCUT2D eigenvalue weighted by Crippen LogP contribution is -2.15. The van der Waals surface area contributed by atoms with E-state index < -0.39 is 0 Å². The average molecular weight is 245 g/mol. The molecule has 0 aromatic carbocycles. The van der Waals surface area contributed by atoms with Gasteiger partial charge in [-0.1, -0.05) is 6.07 Å². The molecule has 16 heavy (non-hydrogen) atoms. The van der Waals surface area contributed by atoms with Gasteiger partial charge in [0.1, 0.15) is 0 Å². The maximum Gasteiger partial charge on any atom is 0.0541 e. The summed E-state index contributed by atoms with van der Waals surface area (Å²) in [5, 5.41) is 3.36. The van der Waals surface area contributed by atoms with Crippen LogP contribution in [-0.2, 0) is 11.3 Å². The van der Waals surface area contributed by atoms with Crippen LogP contribution < -0.4 is 5.32 Å². The largest absolute Gasteiger partial charge is 0.382 e. The van der Waals surface area contributed by atoms with Gasteiger partial charge in [-0.25, -0.2) is 0 Å². The smallest absolute Gasteiger partial charge is 0.0541 e. The second-order valence-electron chi connectivity index (χ2n) is 3.40. The number of nitrogens with one attached hydrogen (secondary N) is 1. The molecule has 0 fully saturated rings. The lowest BCUT2D eigenvalue weighted by Gasteiger charge is -2.04. The molecule has 0 atom stereocenters. The van der Waals surface area contributed by atoms with Crippen molar-refractivity contribution in [3.63, 3.8) is 0 Å². The second-order valence-corrected chi connectivity index (χ2v) is 3.40. The molecule has 3 nitrogen and oxygen atoms in total. The van der Waals surface area contributed by atoms with Crippen LogP contribution in [0.25, 0.3) is 0 Å². The molecule has 0 spiro atoms. The van der Waals surface area contributed by atoms with E-state index in [1.54, 1.807) is 0 Å². The Kier molecular flexibility index (Phi) is 10.4. The summed E-state index contributed by atoms with van der Waals surface area (Å²) >= 11 is 0. The minimum absolute atomic E-state index is 0. The Labute approximate surface area is 104 Å². The first-order valence-electron chi connectivity index (χ1n) is 5.62. The monoisotopic (exact) mass is 244 g/mol. The molecule has 0 aliphatic heterocycles. The van der Waals surface area contributed by atoms with E-state index in [1.807, 2.05) is 31.3 Å². The Balaban J connectivity index is 0.00000225. The van der Waals surface area contributed by atoms with E-state index >= 15 is 0 Å². The molecule has 0 unspecified atom stereocenters. The van der Waals surface area contributed by atoms with Gasteiger partial charge >= 0.3 is 0 Å². The molecule has 0 saturated heterocycles. The zero-order chi connectivity index (χ0) is 10.8. The number of hydrogen-bond donors (Lipinski definition) is 1. The molecular weight excluding hydrogens is 224 g/mol. The lowest BCUT2D eigenvalue weighted by molar-refractivity contribution is 0.143. The summed E-state index contributed by atoms with van der Waals surface area (Å²) < 4.78 is 5.26. The Bertz CT molecular complexity index is 244. The minimum atomic E-state index is 0. The van der Waals surface area contributed by atoms with E-state index in [1.165, 1.54) is 0 Å². The summed E-state index contributed by atoms with van der Waals surface area (Å²) in [6.45, 7) is 5.61. The standard InChI is InChI=1S/C12H20N2O.ClH/c1-2-15-10-6-5-8-13-11-12-7-3-4-9-14-12;/h3-4,7,9,13H,2,5-6,8,10-11H2,1H3;1H. The third-order valence-electron chi connectivity index (χ3n) is 2.13. The van der Waals surface area contributed by atoms with E-state index in [2.05, 4.69) is 10.3 Å². The Morgan fingerprint density at radius 2 is 2.19 bits per heavy atom. The number of hydrogen-bond acceptors (Lipinski definition) is 3. The molecule has 1 rings (SSSR count). The normalized spacial score (nSPS) is 9.81. The van der Waals surface area contributed by atoms with Gasteiger partial charge in [-0.3, -0.25) is 4.98 Å². The molecule has 0 aliphatic carbocycles. The average Bonchev–Trinajstić information content (AvgIpc) is 2.29. The molecule has 0 amide bonds. The summed E-state index contributed by atoms with van der Waals surface area (Å²) in [6.07, 6.45) is 4.11. The molecule has 1 aromatic rings. The molecule has 1 heterocycles. The van der Waals surface area contributed by atoms with Crippen molar-refractivity contribution in [2.24, 2.45) is 0 Å². The molecule has 1 N–H and O–H groups in total. The van der Waals surface area contributed by atoms with Gasteiger partial charge in [0.25, 0.3) is 0 Å². The predicted molar refractivity (Wildman–Crippen MR) is 68.9 cm³/mol. The summed E-state index contributed by atoms with van der Waals surface area (Å²) in [7, 11) is 0. The minimum Gasteiger partial charge on any atom is -0.382 e. The van der Waals surface area contributed by atoms with Crippen molar-refractivity contribution in [3.05, 3.63) is 30.1 Å². The number of aromatic nitrogens is 1. The molecule has 4 heteroatoms. The van der Waals surface area contributed by atoms with Gasteiger partial charge in [0.05, 0.1) is 5.69 Å². The van der Waals surface area contributed by atoms with Crippen molar-refractivity contribution in [1.82, 2.24) is 10.3 Å². The van der Waals surface area contributed by atoms with Gasteiger partial charge in [0.15, 0.2) is 0 Å². The third kappa shape index (κ3) is 7.63. The van der Waals surface area contributed by atoms with Crippen LogP contribution in [0.4, 0.5) is 0 Å². The topological polar surface area (TPSA) is 34.1 Å². The van der Waals surface area contributed by atoms with E-state index in [4.69, 9.17) is 4.74 Å². The van der Waals surface area contributed by atoms with Crippen molar-refractivity contribution in [1.29, 1.82) is 0 Å². The maximum atomic E-state index is 5.26. The zero-order valence-corrected chi connectivity index (χ0v) is 10.6. The van der Waals surface area contributed by atoms with Crippen molar-refractivity contribution in [3.8, 4) is 0 Å². The van der Waals surface area contributed by atoms with Crippen LogP contribution in [0.5, 0.6) is 0 Å². The van der Waals surface area contributed by atoms with Gasteiger partial charge in [0, 0.05) is 26.0 Å². The third-order valence-corrected chi connectivity index (χ3v) is 2.13. The van der Waals surface area contributed by atoms with Crippen LogP contribution in [0.1, 0.15) is 25.5 Å². The highest BCUT2D eigenvalue weighted by Gasteiger charge is 1.92. The first kappa shape index (κ1) is 15.4. The van der Waals surface area contributed by atoms with Crippen LogP contribution in [0.15, 0.2) is 24.4 Å².